The van der Waals surface area contributed by atoms with Crippen LogP contribution < -0.4 is 11.1 Å². The van der Waals surface area contributed by atoms with Crippen molar-refractivity contribution in [1.82, 2.24) is 10.2 Å². The summed E-state index contributed by atoms with van der Waals surface area (Å²) in [6, 6.07) is 7.92. The van der Waals surface area contributed by atoms with E-state index in [4.69, 9.17) is 10.8 Å². The largest absolute Gasteiger partial charge is 0.465 e. The first kappa shape index (κ1) is 10.8. The molecule has 1 saturated heterocycles. The second kappa shape index (κ2) is 4.40. The fraction of sp³-hybridized carbons (Fsp3) is 0.364. The molecule has 0 aliphatic carbocycles. The van der Waals surface area contributed by atoms with Crippen molar-refractivity contribution in [1.29, 1.82) is 0 Å². The van der Waals surface area contributed by atoms with E-state index in [1.807, 2.05) is 24.3 Å². The molecule has 0 saturated carbocycles. The Balaban J connectivity index is 1.78. The highest BCUT2D eigenvalue weighted by atomic mass is 16.4. The molecule has 0 atom stereocenters. The van der Waals surface area contributed by atoms with Gasteiger partial charge in [0.15, 0.2) is 0 Å². The van der Waals surface area contributed by atoms with E-state index in [0.29, 0.717) is 19.6 Å². The van der Waals surface area contributed by atoms with Crippen LogP contribution in [0.3, 0.4) is 0 Å². The van der Waals surface area contributed by atoms with Gasteiger partial charge in [0, 0.05) is 31.4 Å². The molecule has 0 unspecified atom stereocenters. The zero-order valence-corrected chi connectivity index (χ0v) is 8.89. The highest BCUT2D eigenvalue weighted by Crippen LogP contribution is 2.12. The molecule has 1 aromatic rings. The summed E-state index contributed by atoms with van der Waals surface area (Å²) < 4.78 is 0. The lowest BCUT2D eigenvalue weighted by atomic mass is 10.1. The molecule has 86 valence electrons. The number of amides is 1. The van der Waals surface area contributed by atoms with Crippen molar-refractivity contribution in [3.63, 3.8) is 0 Å². The third-order valence-electron chi connectivity index (χ3n) is 2.79. The molecule has 5 heteroatoms. The van der Waals surface area contributed by atoms with Gasteiger partial charge in [-0.3, -0.25) is 0 Å². The smallest absolute Gasteiger partial charge is 0.407 e. The number of nitrogen functional groups attached to an aromatic ring is 1. The summed E-state index contributed by atoms with van der Waals surface area (Å²) >= 11 is 0. The SMILES string of the molecule is Nc1ccccc1CNC1CN(C(=O)O)C1. The van der Waals surface area contributed by atoms with Gasteiger partial charge in [-0.15, -0.1) is 0 Å². The minimum Gasteiger partial charge on any atom is -0.465 e. The van der Waals surface area contributed by atoms with Crippen molar-refractivity contribution < 1.29 is 9.90 Å². The number of benzene rings is 1. The van der Waals surface area contributed by atoms with Gasteiger partial charge in [0.25, 0.3) is 0 Å². The summed E-state index contributed by atoms with van der Waals surface area (Å²) in [4.78, 5) is 11.9. The van der Waals surface area contributed by atoms with E-state index in [-0.39, 0.29) is 6.04 Å². The predicted octanol–water partition coefficient (Wildman–Crippen LogP) is 0.721. The number of para-hydroxylation sites is 1. The van der Waals surface area contributed by atoms with Gasteiger partial charge in [0.1, 0.15) is 0 Å². The molecule has 0 bridgehead atoms. The van der Waals surface area contributed by atoms with Crippen molar-refractivity contribution >= 4 is 11.8 Å². The molecule has 0 radical (unpaired) electrons. The number of rotatable bonds is 3. The number of hydrogen-bond donors (Lipinski definition) is 3. The summed E-state index contributed by atoms with van der Waals surface area (Å²) in [5.41, 5.74) is 7.62. The van der Waals surface area contributed by atoms with Crippen LogP contribution in [0.1, 0.15) is 5.56 Å². The molecule has 1 aliphatic rings. The van der Waals surface area contributed by atoms with Crippen LogP contribution in [0.4, 0.5) is 10.5 Å². The Labute approximate surface area is 93.9 Å². The number of carboxylic acid groups (broad SMARTS) is 1. The molecule has 16 heavy (non-hydrogen) atoms. The fourth-order valence-electron chi connectivity index (χ4n) is 1.71. The number of nitrogens with two attached hydrogens (primary N) is 1. The Morgan fingerprint density at radius 3 is 2.81 bits per heavy atom. The number of likely N-dealkylation sites (tertiary alicyclic amines) is 1. The molecule has 0 spiro atoms. The Bertz CT molecular complexity index is 389. The fourth-order valence-corrected chi connectivity index (χ4v) is 1.71. The van der Waals surface area contributed by atoms with Crippen LogP contribution in [-0.4, -0.2) is 35.2 Å². The molecular weight excluding hydrogens is 206 g/mol. The van der Waals surface area contributed by atoms with E-state index in [0.717, 1.165) is 11.3 Å². The van der Waals surface area contributed by atoms with Gasteiger partial charge < -0.3 is 21.1 Å². The number of carbonyl (C=O) groups is 1. The van der Waals surface area contributed by atoms with Crippen molar-refractivity contribution in [2.75, 3.05) is 18.8 Å². The number of nitrogens with one attached hydrogen (secondary N) is 1. The summed E-state index contributed by atoms with van der Waals surface area (Å²) in [6.45, 7) is 1.80. The van der Waals surface area contributed by atoms with Crippen LogP contribution in [0.15, 0.2) is 24.3 Å². The van der Waals surface area contributed by atoms with Gasteiger partial charge in [-0.1, -0.05) is 18.2 Å². The molecule has 4 N–H and O–H groups in total. The first-order valence-electron chi connectivity index (χ1n) is 5.21. The number of nitrogens with zero attached hydrogens (tertiary/aromatic N) is 1. The average Bonchev–Trinajstić information content (AvgIpc) is 2.17. The maximum Gasteiger partial charge on any atom is 0.407 e. The molecule has 1 amide bonds. The maximum absolute atomic E-state index is 10.5. The van der Waals surface area contributed by atoms with Gasteiger partial charge in [-0.05, 0) is 11.6 Å². The van der Waals surface area contributed by atoms with Gasteiger partial charge in [-0.2, -0.15) is 0 Å². The molecule has 1 fully saturated rings. The van der Waals surface area contributed by atoms with Crippen molar-refractivity contribution in [3.8, 4) is 0 Å². The first-order chi connectivity index (χ1) is 7.66. The number of anilines is 1. The molecule has 1 aromatic carbocycles. The Morgan fingerprint density at radius 1 is 1.50 bits per heavy atom. The van der Waals surface area contributed by atoms with E-state index < -0.39 is 6.09 Å². The van der Waals surface area contributed by atoms with Gasteiger partial charge in [-0.25, -0.2) is 4.79 Å². The normalized spacial score (nSPS) is 15.9. The van der Waals surface area contributed by atoms with E-state index in [9.17, 15) is 4.79 Å². The van der Waals surface area contributed by atoms with E-state index in [1.165, 1.54) is 4.90 Å². The second-order valence-corrected chi connectivity index (χ2v) is 3.96. The van der Waals surface area contributed by atoms with Crippen LogP contribution in [0, 0.1) is 0 Å². The number of hydrogen-bond acceptors (Lipinski definition) is 3. The molecule has 1 aliphatic heterocycles. The van der Waals surface area contributed by atoms with Gasteiger partial charge in [0.05, 0.1) is 0 Å². The van der Waals surface area contributed by atoms with Crippen molar-refractivity contribution in [3.05, 3.63) is 29.8 Å². The monoisotopic (exact) mass is 221 g/mol. The Kier molecular flexibility index (Phi) is 2.96. The summed E-state index contributed by atoms with van der Waals surface area (Å²) in [5, 5.41) is 11.9. The second-order valence-electron chi connectivity index (χ2n) is 3.96. The van der Waals surface area contributed by atoms with Crippen molar-refractivity contribution in [2.45, 2.75) is 12.6 Å². The molecule has 1 heterocycles. The van der Waals surface area contributed by atoms with Crippen LogP contribution in [0.25, 0.3) is 0 Å². The highest BCUT2D eigenvalue weighted by Gasteiger charge is 2.29. The topological polar surface area (TPSA) is 78.6 Å². The lowest BCUT2D eigenvalue weighted by Gasteiger charge is -2.37. The molecule has 0 aromatic heterocycles. The summed E-state index contributed by atoms with van der Waals surface area (Å²) in [7, 11) is 0. The standard InChI is InChI=1S/C11H15N3O2/c12-10-4-2-1-3-8(10)5-13-9-6-14(7-9)11(15)16/h1-4,9,13H,5-7,12H2,(H,15,16). The average molecular weight is 221 g/mol. The highest BCUT2D eigenvalue weighted by molar-refractivity contribution is 5.66. The molecule has 2 rings (SSSR count). The lowest BCUT2D eigenvalue weighted by Crippen LogP contribution is -2.59. The summed E-state index contributed by atoms with van der Waals surface area (Å²) in [5.74, 6) is 0. The molecule has 5 nitrogen and oxygen atoms in total. The van der Waals surface area contributed by atoms with Crippen molar-refractivity contribution in [2.24, 2.45) is 0 Å². The Hall–Kier alpha value is -1.75. The van der Waals surface area contributed by atoms with Crippen LogP contribution >= 0.6 is 0 Å². The third-order valence-corrected chi connectivity index (χ3v) is 2.79. The van der Waals surface area contributed by atoms with Crippen LogP contribution in [-0.2, 0) is 6.54 Å². The zero-order valence-electron chi connectivity index (χ0n) is 8.89. The van der Waals surface area contributed by atoms with E-state index in [1.54, 1.807) is 0 Å². The predicted molar refractivity (Wildman–Crippen MR) is 61.1 cm³/mol. The molecular formula is C11H15N3O2. The minimum absolute atomic E-state index is 0.246. The Morgan fingerprint density at radius 2 is 2.19 bits per heavy atom. The van der Waals surface area contributed by atoms with Crippen LogP contribution in [0.2, 0.25) is 0 Å². The van der Waals surface area contributed by atoms with E-state index in [2.05, 4.69) is 5.32 Å². The third kappa shape index (κ3) is 2.25. The van der Waals surface area contributed by atoms with Gasteiger partial charge >= 0.3 is 6.09 Å². The minimum atomic E-state index is -0.850. The first-order valence-corrected chi connectivity index (χ1v) is 5.21. The van der Waals surface area contributed by atoms with Gasteiger partial charge in [0.2, 0.25) is 0 Å². The quantitative estimate of drug-likeness (QED) is 0.657. The maximum atomic E-state index is 10.5. The lowest BCUT2D eigenvalue weighted by molar-refractivity contribution is 0.0955. The van der Waals surface area contributed by atoms with Crippen LogP contribution in [0.5, 0.6) is 0 Å². The van der Waals surface area contributed by atoms with E-state index >= 15 is 0 Å². The summed E-state index contributed by atoms with van der Waals surface area (Å²) in [6.07, 6.45) is -0.850. The zero-order chi connectivity index (χ0) is 11.5.